The fourth-order valence-corrected chi connectivity index (χ4v) is 10.4. The van der Waals surface area contributed by atoms with Gasteiger partial charge in [0.05, 0.1) is 17.6 Å². The van der Waals surface area contributed by atoms with Gasteiger partial charge >= 0.3 is 5.97 Å². The van der Waals surface area contributed by atoms with E-state index in [1.807, 2.05) is 47.5 Å². The van der Waals surface area contributed by atoms with Gasteiger partial charge in [-0.3, -0.25) is 9.59 Å². The molecule has 2 aromatic heterocycles. The lowest BCUT2D eigenvalue weighted by Gasteiger charge is -2.61. The molecule has 0 saturated heterocycles. The van der Waals surface area contributed by atoms with Gasteiger partial charge in [-0.25, -0.2) is 13.9 Å². The third kappa shape index (κ3) is 5.77. The van der Waals surface area contributed by atoms with Crippen molar-refractivity contribution in [3.63, 3.8) is 0 Å². The number of aliphatic hydroxyl groups excluding tert-OH is 1. The Balaban J connectivity index is 1.15. The molecule has 8 atom stereocenters. The van der Waals surface area contributed by atoms with Gasteiger partial charge in [0.1, 0.15) is 17.7 Å². The number of benzene rings is 1. The van der Waals surface area contributed by atoms with E-state index in [4.69, 9.17) is 9.72 Å². The van der Waals surface area contributed by atoms with Crippen LogP contribution in [0.4, 0.5) is 4.39 Å². The predicted octanol–water partition coefficient (Wildman–Crippen LogP) is 7.28. The van der Waals surface area contributed by atoms with Crippen molar-refractivity contribution in [1.82, 2.24) is 4.98 Å². The van der Waals surface area contributed by atoms with Crippen LogP contribution in [0.3, 0.4) is 0 Å². The molecule has 0 aliphatic heterocycles. The van der Waals surface area contributed by atoms with Crippen LogP contribution in [0.5, 0.6) is 0 Å². The second kappa shape index (κ2) is 12.6. The molecule has 3 aromatic rings. The summed E-state index contributed by atoms with van der Waals surface area (Å²) in [7, 11) is 0. The van der Waals surface area contributed by atoms with Gasteiger partial charge in [-0.05, 0) is 67.2 Å². The molecule has 2 heterocycles. The van der Waals surface area contributed by atoms with Gasteiger partial charge in [0.15, 0.2) is 23.3 Å². The van der Waals surface area contributed by atoms with Crippen molar-refractivity contribution in [2.24, 2.45) is 34.0 Å². The molecule has 0 radical (unpaired) electrons. The van der Waals surface area contributed by atoms with Crippen molar-refractivity contribution in [2.45, 2.75) is 82.9 Å². The Labute approximate surface area is 279 Å². The number of aromatic nitrogens is 2. The van der Waals surface area contributed by atoms with E-state index < -0.39 is 23.0 Å². The quantitative estimate of drug-likeness (QED) is 0.118. The molecule has 3 aliphatic carbocycles. The molecule has 2 bridgehead atoms. The van der Waals surface area contributed by atoms with Gasteiger partial charge in [0.2, 0.25) is 0 Å². The van der Waals surface area contributed by atoms with E-state index in [2.05, 4.69) is 27.4 Å². The zero-order chi connectivity index (χ0) is 32.9. The standard InChI is InChI=1S/C37H44FN2O4S2/c1-6-35(4)19-30(36(5)23(2)11-15-37(24(3)33(35)43)16-12-29(41)32(36)37)44-31(42)22-46-34-39-28(21-45-34)26-13-17-40(18-14-26)20-25-7-9-27(38)10-8-25/h6-10,13-14,17-18,21,23-24,30,32-33,43H,1,11-12,15-16,19-20,22H2,2-5H3/q+1/t23-,24+,30-,32+,33+,35-,36+,37+/m1/s1. The topological polar surface area (TPSA) is 80.4 Å². The number of hydrogen-bond acceptors (Lipinski definition) is 7. The van der Waals surface area contributed by atoms with Crippen molar-refractivity contribution in [2.75, 3.05) is 5.75 Å². The fourth-order valence-electron chi connectivity index (χ4n) is 8.81. The first kappa shape index (κ1) is 33.0. The highest BCUT2D eigenvalue weighted by atomic mass is 32.2. The predicted molar refractivity (Wildman–Crippen MR) is 179 cm³/mol. The average molecular weight is 664 g/mol. The van der Waals surface area contributed by atoms with Crippen LogP contribution in [-0.2, 0) is 20.9 Å². The molecular formula is C37H44FN2O4S2+. The first-order chi connectivity index (χ1) is 21.9. The first-order valence-electron chi connectivity index (χ1n) is 16.3. The average Bonchev–Trinajstić information content (AvgIpc) is 3.67. The van der Waals surface area contributed by atoms with Crippen LogP contribution in [0.1, 0.15) is 65.4 Å². The van der Waals surface area contributed by atoms with E-state index in [-0.39, 0.29) is 46.5 Å². The molecule has 46 heavy (non-hydrogen) atoms. The molecule has 3 fully saturated rings. The number of thioether (sulfide) groups is 1. The Bertz CT molecular complexity index is 1610. The Morgan fingerprint density at radius 3 is 2.61 bits per heavy atom. The molecule has 244 valence electrons. The van der Waals surface area contributed by atoms with Crippen LogP contribution >= 0.6 is 23.1 Å². The highest BCUT2D eigenvalue weighted by Gasteiger charge is 2.68. The molecule has 3 saturated carbocycles. The Hall–Kier alpha value is -2.88. The van der Waals surface area contributed by atoms with E-state index in [9.17, 15) is 19.1 Å². The zero-order valence-electron chi connectivity index (χ0n) is 27.1. The normalized spacial score (nSPS) is 34.0. The number of carbonyl (C=O) groups excluding carboxylic acids is 2. The lowest BCUT2D eigenvalue weighted by atomic mass is 9.44. The molecule has 6 nitrogen and oxygen atoms in total. The summed E-state index contributed by atoms with van der Waals surface area (Å²) in [6.45, 7) is 13.2. The van der Waals surface area contributed by atoms with Crippen molar-refractivity contribution >= 4 is 34.9 Å². The number of ketones is 1. The smallest absolute Gasteiger partial charge is 0.316 e. The first-order valence-corrected chi connectivity index (χ1v) is 18.1. The van der Waals surface area contributed by atoms with Gasteiger partial charge in [-0.1, -0.05) is 45.5 Å². The number of pyridine rings is 1. The lowest BCUT2D eigenvalue weighted by molar-refractivity contribution is -0.688. The molecule has 0 spiro atoms. The van der Waals surface area contributed by atoms with Crippen molar-refractivity contribution in [1.29, 1.82) is 0 Å². The number of aliphatic hydroxyl groups is 1. The van der Waals surface area contributed by atoms with Gasteiger partial charge in [-0.15, -0.1) is 17.9 Å². The zero-order valence-corrected chi connectivity index (χ0v) is 28.7. The van der Waals surface area contributed by atoms with Crippen LogP contribution in [0.25, 0.3) is 11.3 Å². The highest BCUT2D eigenvalue weighted by Crippen LogP contribution is 2.68. The molecule has 1 N–H and O–H groups in total. The third-order valence-electron chi connectivity index (χ3n) is 11.8. The summed E-state index contributed by atoms with van der Waals surface area (Å²) >= 11 is 2.84. The molecule has 3 aliphatic rings. The van der Waals surface area contributed by atoms with E-state index in [1.165, 1.54) is 35.2 Å². The van der Waals surface area contributed by atoms with Crippen LogP contribution in [-0.4, -0.2) is 39.8 Å². The van der Waals surface area contributed by atoms with Crippen LogP contribution < -0.4 is 4.57 Å². The Kier molecular flexibility index (Phi) is 9.06. The summed E-state index contributed by atoms with van der Waals surface area (Å²) < 4.78 is 22.4. The summed E-state index contributed by atoms with van der Waals surface area (Å²) in [5.41, 5.74) is 1.34. The minimum Gasteiger partial charge on any atom is -0.461 e. The summed E-state index contributed by atoms with van der Waals surface area (Å²) in [4.78, 5) is 31.9. The van der Waals surface area contributed by atoms with Gasteiger partial charge in [-0.2, -0.15) is 0 Å². The maximum Gasteiger partial charge on any atom is 0.316 e. The van der Waals surface area contributed by atoms with Gasteiger partial charge in [0.25, 0.3) is 0 Å². The van der Waals surface area contributed by atoms with Gasteiger partial charge in [0, 0.05) is 51.8 Å². The number of ether oxygens (including phenoxy) is 1. The van der Waals surface area contributed by atoms with Gasteiger partial charge < -0.3 is 9.84 Å². The Morgan fingerprint density at radius 1 is 1.20 bits per heavy atom. The molecule has 0 amide bonds. The minimum absolute atomic E-state index is 0.0605. The number of esters is 1. The monoisotopic (exact) mass is 663 g/mol. The number of rotatable bonds is 8. The second-order valence-electron chi connectivity index (χ2n) is 14.2. The van der Waals surface area contributed by atoms with Crippen molar-refractivity contribution < 1.29 is 28.4 Å². The SMILES string of the molecule is C=C[C@]1(C)C[C@@H](OC(=O)CSc2nc(-c3cc[n+](Cc4ccc(F)cc4)cc3)cs2)[C@]2(C)[C@H](C)CC[C@]3(CCC(=O)[C@H]32)[C@@H](C)[C@@H]1O. The number of halogens is 1. The summed E-state index contributed by atoms with van der Waals surface area (Å²) in [6, 6.07) is 10.5. The Morgan fingerprint density at radius 2 is 1.91 bits per heavy atom. The molecule has 1 aromatic carbocycles. The third-order valence-corrected chi connectivity index (χ3v) is 13.8. The summed E-state index contributed by atoms with van der Waals surface area (Å²) in [5, 5.41) is 13.7. The number of Topliss-reactive ketones (excluding diaryl/α,β-unsaturated/α-hetero) is 1. The summed E-state index contributed by atoms with van der Waals surface area (Å²) in [6.07, 6.45) is 8.15. The van der Waals surface area contributed by atoms with Crippen LogP contribution in [0.15, 0.2) is 71.2 Å². The maximum atomic E-state index is 13.6. The fraction of sp³-hybridized carbons (Fsp3) is 0.514. The number of thiazole rings is 1. The number of carbonyl (C=O) groups is 2. The number of nitrogens with zero attached hydrogens (tertiary/aromatic N) is 2. The maximum absolute atomic E-state index is 13.6. The summed E-state index contributed by atoms with van der Waals surface area (Å²) in [5.74, 6) is -0.334. The van der Waals surface area contributed by atoms with E-state index >= 15 is 0 Å². The minimum atomic E-state index is -0.684. The van der Waals surface area contributed by atoms with Crippen LogP contribution in [0, 0.1) is 39.8 Å². The number of hydrogen-bond donors (Lipinski definition) is 1. The lowest BCUT2D eigenvalue weighted by Crippen LogP contribution is -2.63. The second-order valence-corrected chi connectivity index (χ2v) is 16.3. The molecule has 9 heteroatoms. The largest absolute Gasteiger partial charge is 0.461 e. The molecule has 6 rings (SSSR count). The van der Waals surface area contributed by atoms with E-state index in [0.717, 1.165) is 40.4 Å². The van der Waals surface area contributed by atoms with Crippen molar-refractivity contribution in [3.05, 3.63) is 78.2 Å². The molecular weight excluding hydrogens is 620 g/mol. The molecule has 0 unspecified atom stereocenters. The van der Waals surface area contributed by atoms with Crippen molar-refractivity contribution in [3.8, 4) is 11.3 Å². The van der Waals surface area contributed by atoms with E-state index in [0.29, 0.717) is 19.4 Å². The van der Waals surface area contributed by atoms with E-state index in [1.54, 1.807) is 12.1 Å². The van der Waals surface area contributed by atoms with Crippen LogP contribution in [0.2, 0.25) is 0 Å². The highest BCUT2D eigenvalue weighted by molar-refractivity contribution is 8.01.